The summed E-state index contributed by atoms with van der Waals surface area (Å²) in [6.07, 6.45) is 5.29. The van der Waals surface area contributed by atoms with Crippen molar-refractivity contribution in [1.82, 2.24) is 10.2 Å². The summed E-state index contributed by atoms with van der Waals surface area (Å²) in [5.74, 6) is 1.82. The number of nitrogens with one attached hydrogen (secondary N) is 1. The number of hydrogen-bond acceptors (Lipinski definition) is 4. The zero-order chi connectivity index (χ0) is 15.4. The largest absolute Gasteiger partial charge is 0.494 e. The number of halogens is 1. The molecule has 2 aliphatic rings. The van der Waals surface area contributed by atoms with Crippen LogP contribution in [0.4, 0.5) is 0 Å². The molecule has 2 saturated heterocycles. The van der Waals surface area contributed by atoms with Crippen LogP contribution in [0.5, 0.6) is 11.5 Å². The molecule has 3 rings (SSSR count). The molecule has 2 aliphatic heterocycles. The van der Waals surface area contributed by atoms with Gasteiger partial charge in [0.1, 0.15) is 18.1 Å². The van der Waals surface area contributed by atoms with Gasteiger partial charge in [0.2, 0.25) is 0 Å². The minimum Gasteiger partial charge on any atom is -0.494 e. The van der Waals surface area contributed by atoms with Crippen molar-refractivity contribution in [2.45, 2.75) is 50.7 Å². The molecule has 0 aliphatic carbocycles. The number of hydrogen-bond donors (Lipinski definition) is 1. The minimum atomic E-state index is 0. The van der Waals surface area contributed by atoms with Crippen molar-refractivity contribution in [3.8, 4) is 11.5 Å². The lowest BCUT2D eigenvalue weighted by Crippen LogP contribution is -2.47. The number of rotatable bonds is 7. The standard InChI is InChI=1S/C18H28N2O2.ClH/c1-3-21-17-6-8-18(9-7-17)22-11-10-20(2)16-12-14-4-5-15(13-16)19-14;/h6-9,14-16,19H,3-5,10-13H2,1-2H3;1H. The van der Waals surface area contributed by atoms with Crippen molar-refractivity contribution in [1.29, 1.82) is 0 Å². The number of nitrogens with zero attached hydrogens (tertiary/aromatic N) is 1. The van der Waals surface area contributed by atoms with E-state index < -0.39 is 0 Å². The molecule has 1 N–H and O–H groups in total. The Labute approximate surface area is 145 Å². The molecule has 4 nitrogen and oxygen atoms in total. The fraction of sp³-hybridized carbons (Fsp3) is 0.667. The van der Waals surface area contributed by atoms with Crippen LogP contribution in [-0.2, 0) is 0 Å². The zero-order valence-electron chi connectivity index (χ0n) is 14.2. The average Bonchev–Trinajstić information content (AvgIpc) is 2.87. The topological polar surface area (TPSA) is 33.7 Å². The van der Waals surface area contributed by atoms with Crippen molar-refractivity contribution in [3.63, 3.8) is 0 Å². The highest BCUT2D eigenvalue weighted by molar-refractivity contribution is 5.85. The summed E-state index contributed by atoms with van der Waals surface area (Å²) >= 11 is 0. The summed E-state index contributed by atoms with van der Waals surface area (Å²) in [6, 6.07) is 10.1. The van der Waals surface area contributed by atoms with Crippen LogP contribution in [0.25, 0.3) is 0 Å². The normalized spacial score (nSPS) is 26.0. The van der Waals surface area contributed by atoms with Crippen LogP contribution in [0.15, 0.2) is 24.3 Å². The average molecular weight is 341 g/mol. The number of fused-ring (bicyclic) bond motifs is 2. The molecule has 2 unspecified atom stereocenters. The fourth-order valence-electron chi connectivity index (χ4n) is 3.68. The molecule has 0 radical (unpaired) electrons. The van der Waals surface area contributed by atoms with Gasteiger partial charge in [-0.1, -0.05) is 0 Å². The van der Waals surface area contributed by atoms with Crippen molar-refractivity contribution in [3.05, 3.63) is 24.3 Å². The molecular weight excluding hydrogens is 312 g/mol. The maximum atomic E-state index is 5.86. The maximum Gasteiger partial charge on any atom is 0.119 e. The fourth-order valence-corrected chi connectivity index (χ4v) is 3.68. The maximum absolute atomic E-state index is 5.86. The van der Waals surface area contributed by atoms with Crippen LogP contribution in [0.1, 0.15) is 32.6 Å². The Morgan fingerprint density at radius 2 is 1.61 bits per heavy atom. The van der Waals surface area contributed by atoms with E-state index in [-0.39, 0.29) is 12.4 Å². The predicted molar refractivity (Wildman–Crippen MR) is 96.0 cm³/mol. The van der Waals surface area contributed by atoms with E-state index >= 15 is 0 Å². The zero-order valence-corrected chi connectivity index (χ0v) is 15.0. The number of benzene rings is 1. The van der Waals surface area contributed by atoms with Crippen LogP contribution in [0, 0.1) is 0 Å². The molecule has 0 spiro atoms. The lowest BCUT2D eigenvalue weighted by molar-refractivity contribution is 0.147. The van der Waals surface area contributed by atoms with E-state index in [2.05, 4.69) is 17.3 Å². The van der Waals surface area contributed by atoms with Gasteiger partial charge in [0.25, 0.3) is 0 Å². The van der Waals surface area contributed by atoms with Gasteiger partial charge >= 0.3 is 0 Å². The molecule has 23 heavy (non-hydrogen) atoms. The van der Waals surface area contributed by atoms with Gasteiger partial charge in [0, 0.05) is 24.7 Å². The summed E-state index contributed by atoms with van der Waals surface area (Å²) < 4.78 is 11.3. The molecule has 0 amide bonds. The Morgan fingerprint density at radius 3 is 2.17 bits per heavy atom. The Balaban J connectivity index is 0.00000192. The molecule has 2 bridgehead atoms. The molecule has 5 heteroatoms. The molecule has 2 atom stereocenters. The first-order valence-electron chi connectivity index (χ1n) is 8.56. The molecule has 2 heterocycles. The third-order valence-corrected chi connectivity index (χ3v) is 4.92. The Hall–Kier alpha value is -0.970. The second-order valence-corrected chi connectivity index (χ2v) is 6.50. The SMILES string of the molecule is CCOc1ccc(OCCN(C)C2CC3CCC(C2)N3)cc1.Cl. The van der Waals surface area contributed by atoms with E-state index in [1.165, 1.54) is 25.7 Å². The second kappa shape index (κ2) is 8.76. The van der Waals surface area contributed by atoms with Gasteiger partial charge in [-0.05, 0) is 63.9 Å². The van der Waals surface area contributed by atoms with Gasteiger partial charge in [0.15, 0.2) is 0 Å². The van der Waals surface area contributed by atoms with Crippen LogP contribution in [-0.4, -0.2) is 49.8 Å². The highest BCUT2D eigenvalue weighted by Crippen LogP contribution is 2.29. The molecule has 0 saturated carbocycles. The molecule has 130 valence electrons. The quantitative estimate of drug-likeness (QED) is 0.827. The molecule has 2 fully saturated rings. The molecule has 1 aromatic rings. The van der Waals surface area contributed by atoms with Crippen LogP contribution in [0.2, 0.25) is 0 Å². The van der Waals surface area contributed by atoms with Crippen molar-refractivity contribution in [2.24, 2.45) is 0 Å². The smallest absolute Gasteiger partial charge is 0.119 e. The molecule has 0 aromatic heterocycles. The van der Waals surface area contributed by atoms with Crippen molar-refractivity contribution >= 4 is 12.4 Å². The Bertz CT molecular complexity index is 457. The van der Waals surface area contributed by atoms with Gasteiger partial charge in [-0.3, -0.25) is 4.90 Å². The Kier molecular flexibility index (Phi) is 7.00. The lowest BCUT2D eigenvalue weighted by Gasteiger charge is -2.35. The van der Waals surface area contributed by atoms with Gasteiger partial charge in [-0.25, -0.2) is 0 Å². The summed E-state index contributed by atoms with van der Waals surface area (Å²) in [5, 5.41) is 3.70. The van der Waals surface area contributed by atoms with E-state index in [0.29, 0.717) is 12.6 Å². The Morgan fingerprint density at radius 1 is 1.04 bits per heavy atom. The number of ether oxygens (including phenoxy) is 2. The highest BCUT2D eigenvalue weighted by atomic mass is 35.5. The molecular formula is C18H29ClN2O2. The first-order chi connectivity index (χ1) is 10.7. The van der Waals surface area contributed by atoms with Crippen molar-refractivity contribution < 1.29 is 9.47 Å². The monoisotopic (exact) mass is 340 g/mol. The third kappa shape index (κ3) is 5.00. The number of likely N-dealkylation sites (N-methyl/N-ethyl adjacent to an activating group) is 1. The van der Waals surface area contributed by atoms with Gasteiger partial charge in [-0.2, -0.15) is 0 Å². The molecule has 1 aromatic carbocycles. The summed E-state index contributed by atoms with van der Waals surface area (Å²) in [4.78, 5) is 2.47. The van der Waals surface area contributed by atoms with Crippen LogP contribution in [0.3, 0.4) is 0 Å². The van der Waals surface area contributed by atoms with Gasteiger partial charge in [-0.15, -0.1) is 12.4 Å². The summed E-state index contributed by atoms with van der Waals surface area (Å²) in [6.45, 7) is 4.41. The van der Waals surface area contributed by atoms with E-state index in [1.807, 2.05) is 31.2 Å². The van der Waals surface area contributed by atoms with Crippen LogP contribution >= 0.6 is 12.4 Å². The summed E-state index contributed by atoms with van der Waals surface area (Å²) in [7, 11) is 2.23. The lowest BCUT2D eigenvalue weighted by atomic mass is 9.99. The van der Waals surface area contributed by atoms with E-state index in [1.54, 1.807) is 0 Å². The predicted octanol–water partition coefficient (Wildman–Crippen LogP) is 3.10. The first-order valence-corrected chi connectivity index (χ1v) is 8.56. The summed E-state index contributed by atoms with van der Waals surface area (Å²) in [5.41, 5.74) is 0. The third-order valence-electron chi connectivity index (χ3n) is 4.92. The van der Waals surface area contributed by atoms with Crippen molar-refractivity contribution in [2.75, 3.05) is 26.8 Å². The number of piperidine rings is 1. The van der Waals surface area contributed by atoms with Gasteiger partial charge < -0.3 is 14.8 Å². The van der Waals surface area contributed by atoms with E-state index in [0.717, 1.165) is 36.7 Å². The highest BCUT2D eigenvalue weighted by Gasteiger charge is 2.34. The second-order valence-electron chi connectivity index (χ2n) is 6.50. The van der Waals surface area contributed by atoms with E-state index in [9.17, 15) is 0 Å². The minimum absolute atomic E-state index is 0. The first kappa shape index (κ1) is 18.4. The van der Waals surface area contributed by atoms with Gasteiger partial charge in [0.05, 0.1) is 6.61 Å². The van der Waals surface area contributed by atoms with Crippen LogP contribution < -0.4 is 14.8 Å². The van der Waals surface area contributed by atoms with E-state index in [4.69, 9.17) is 9.47 Å².